The molecule has 106 valence electrons. The molecule has 3 rings (SSSR count). The lowest BCUT2D eigenvalue weighted by atomic mass is 10.0. The van der Waals surface area contributed by atoms with Crippen molar-refractivity contribution in [3.05, 3.63) is 35.1 Å². The third kappa shape index (κ3) is 2.67. The molecule has 3 nitrogen and oxygen atoms in total. The molecule has 0 unspecified atom stereocenters. The van der Waals surface area contributed by atoms with E-state index in [0.717, 1.165) is 37.1 Å². The summed E-state index contributed by atoms with van der Waals surface area (Å²) in [7, 11) is 0. The molecule has 1 saturated heterocycles. The smallest absolute Gasteiger partial charge is 0.235 e. The largest absolute Gasteiger partial charge is 0.299 e. The van der Waals surface area contributed by atoms with Gasteiger partial charge in [-0.15, -0.1) is 0 Å². The number of aliphatic imine (C=N–C) groups is 1. The van der Waals surface area contributed by atoms with Crippen LogP contribution in [0.5, 0.6) is 0 Å². The van der Waals surface area contributed by atoms with Crippen LogP contribution in [0.15, 0.2) is 23.2 Å². The van der Waals surface area contributed by atoms with Crippen molar-refractivity contribution in [1.82, 2.24) is 4.90 Å². The predicted octanol–water partition coefficient (Wildman–Crippen LogP) is 3.14. The van der Waals surface area contributed by atoms with E-state index in [1.807, 2.05) is 12.1 Å². The Morgan fingerprint density at radius 1 is 1.25 bits per heavy atom. The van der Waals surface area contributed by atoms with Gasteiger partial charge in [-0.25, -0.2) is 9.18 Å². The quantitative estimate of drug-likeness (QED) is 0.624. The fraction of sp³-hybridized carbons (Fsp3) is 0.562. The average Bonchev–Trinajstić information content (AvgIpc) is 3.24. The molecule has 20 heavy (non-hydrogen) atoms. The van der Waals surface area contributed by atoms with Gasteiger partial charge in [-0.3, -0.25) is 4.90 Å². The molecule has 2 fully saturated rings. The van der Waals surface area contributed by atoms with E-state index in [-0.39, 0.29) is 5.82 Å². The fourth-order valence-corrected chi connectivity index (χ4v) is 2.99. The number of likely N-dealkylation sites (tertiary alicyclic amines) is 1. The van der Waals surface area contributed by atoms with Gasteiger partial charge < -0.3 is 0 Å². The number of piperidine rings is 1. The van der Waals surface area contributed by atoms with Gasteiger partial charge in [0.1, 0.15) is 5.82 Å². The lowest BCUT2D eigenvalue weighted by Gasteiger charge is -2.26. The highest BCUT2D eigenvalue weighted by Gasteiger charge is 2.45. The Hall–Kier alpha value is -1.51. The second-order valence-electron chi connectivity index (χ2n) is 5.88. The first-order valence-electron chi connectivity index (χ1n) is 7.34. The van der Waals surface area contributed by atoms with Gasteiger partial charge in [0.05, 0.1) is 5.54 Å². The lowest BCUT2D eigenvalue weighted by Crippen LogP contribution is -2.29. The van der Waals surface area contributed by atoms with E-state index in [1.165, 1.54) is 19.3 Å². The first-order valence-corrected chi connectivity index (χ1v) is 7.34. The normalized spacial score (nSPS) is 21.2. The highest BCUT2D eigenvalue weighted by Crippen LogP contribution is 2.49. The summed E-state index contributed by atoms with van der Waals surface area (Å²) in [6.45, 7) is 2.79. The summed E-state index contributed by atoms with van der Waals surface area (Å²) in [6, 6.07) is 5.31. The summed E-state index contributed by atoms with van der Waals surface area (Å²) in [5, 5.41) is 0. The zero-order valence-electron chi connectivity index (χ0n) is 11.6. The van der Waals surface area contributed by atoms with Crippen molar-refractivity contribution in [3.8, 4) is 0 Å². The Bertz CT molecular complexity index is 541. The molecule has 2 aliphatic rings. The molecule has 1 aromatic carbocycles. The molecule has 1 aliphatic heterocycles. The Morgan fingerprint density at radius 2 is 2.00 bits per heavy atom. The van der Waals surface area contributed by atoms with Crippen molar-refractivity contribution in [2.45, 2.75) is 44.2 Å². The van der Waals surface area contributed by atoms with Crippen molar-refractivity contribution in [3.63, 3.8) is 0 Å². The molecule has 0 N–H and O–H groups in total. The maximum absolute atomic E-state index is 14.2. The second kappa shape index (κ2) is 5.47. The van der Waals surface area contributed by atoms with Crippen LogP contribution in [0.1, 0.15) is 43.2 Å². The number of halogens is 1. The molecule has 1 heterocycles. The van der Waals surface area contributed by atoms with Crippen LogP contribution in [0.25, 0.3) is 0 Å². The standard InChI is InChI=1S/C16H19FN2O/c17-15-10-14(16(6-7-16)18-12-20)5-4-13(15)11-19-8-2-1-3-9-19/h4-5,10H,1-3,6-9,11H2. The predicted molar refractivity (Wildman–Crippen MR) is 74.6 cm³/mol. The molecule has 4 heteroatoms. The van der Waals surface area contributed by atoms with E-state index in [1.54, 1.807) is 12.1 Å². The minimum Gasteiger partial charge on any atom is -0.299 e. The van der Waals surface area contributed by atoms with E-state index >= 15 is 0 Å². The fourth-order valence-electron chi connectivity index (χ4n) is 2.99. The van der Waals surface area contributed by atoms with Crippen LogP contribution in [-0.4, -0.2) is 24.1 Å². The van der Waals surface area contributed by atoms with Gasteiger partial charge in [0.15, 0.2) is 0 Å². The van der Waals surface area contributed by atoms with E-state index in [0.29, 0.717) is 6.54 Å². The molecular weight excluding hydrogens is 255 g/mol. The van der Waals surface area contributed by atoms with Gasteiger partial charge in [0, 0.05) is 12.1 Å². The van der Waals surface area contributed by atoms with Gasteiger partial charge in [-0.2, -0.15) is 4.99 Å². The number of rotatable bonds is 4. The molecule has 1 aromatic rings. The number of hydrogen-bond donors (Lipinski definition) is 0. The summed E-state index contributed by atoms with van der Waals surface area (Å²) in [5.74, 6) is -0.180. The van der Waals surface area contributed by atoms with Gasteiger partial charge >= 0.3 is 0 Å². The maximum atomic E-state index is 14.2. The van der Waals surface area contributed by atoms with E-state index in [9.17, 15) is 9.18 Å². The van der Waals surface area contributed by atoms with Gasteiger partial charge in [0.2, 0.25) is 6.08 Å². The van der Waals surface area contributed by atoms with Crippen molar-refractivity contribution < 1.29 is 9.18 Å². The maximum Gasteiger partial charge on any atom is 0.235 e. The Labute approximate surface area is 118 Å². The third-order valence-corrected chi connectivity index (χ3v) is 4.42. The van der Waals surface area contributed by atoms with Crippen molar-refractivity contribution >= 4 is 6.08 Å². The summed E-state index contributed by atoms with van der Waals surface area (Å²) >= 11 is 0. The number of hydrogen-bond acceptors (Lipinski definition) is 3. The van der Waals surface area contributed by atoms with E-state index in [2.05, 4.69) is 9.89 Å². The Kier molecular flexibility index (Phi) is 3.68. The average molecular weight is 274 g/mol. The van der Waals surface area contributed by atoms with Gasteiger partial charge in [-0.1, -0.05) is 18.6 Å². The number of isocyanates is 1. The van der Waals surface area contributed by atoms with E-state index < -0.39 is 5.54 Å². The zero-order chi connectivity index (χ0) is 14.0. The summed E-state index contributed by atoms with van der Waals surface area (Å²) in [4.78, 5) is 16.6. The van der Waals surface area contributed by atoms with Crippen LogP contribution in [0.2, 0.25) is 0 Å². The molecule has 0 atom stereocenters. The van der Waals surface area contributed by atoms with Crippen LogP contribution in [0.3, 0.4) is 0 Å². The van der Waals surface area contributed by atoms with Crippen LogP contribution >= 0.6 is 0 Å². The third-order valence-electron chi connectivity index (χ3n) is 4.42. The highest BCUT2D eigenvalue weighted by atomic mass is 19.1. The molecular formula is C16H19FN2O. The summed E-state index contributed by atoms with van der Waals surface area (Å²) < 4.78 is 14.2. The van der Waals surface area contributed by atoms with Crippen LogP contribution < -0.4 is 0 Å². The minimum absolute atomic E-state index is 0.180. The lowest BCUT2D eigenvalue weighted by molar-refractivity contribution is 0.218. The van der Waals surface area contributed by atoms with Crippen LogP contribution in [-0.2, 0) is 16.9 Å². The molecule has 0 radical (unpaired) electrons. The van der Waals surface area contributed by atoms with Crippen molar-refractivity contribution in [2.24, 2.45) is 4.99 Å². The Balaban J connectivity index is 1.76. The van der Waals surface area contributed by atoms with E-state index in [4.69, 9.17) is 0 Å². The second-order valence-corrected chi connectivity index (χ2v) is 5.88. The summed E-state index contributed by atoms with van der Waals surface area (Å²) in [6.07, 6.45) is 6.93. The van der Waals surface area contributed by atoms with Crippen molar-refractivity contribution in [1.29, 1.82) is 0 Å². The van der Waals surface area contributed by atoms with Crippen molar-refractivity contribution in [2.75, 3.05) is 13.1 Å². The monoisotopic (exact) mass is 274 g/mol. The number of carbonyl (C=O) groups excluding carboxylic acids is 1. The molecule has 1 saturated carbocycles. The topological polar surface area (TPSA) is 32.7 Å². The minimum atomic E-state index is -0.480. The molecule has 0 bridgehead atoms. The number of nitrogens with zero attached hydrogens (tertiary/aromatic N) is 2. The van der Waals surface area contributed by atoms with Gasteiger partial charge in [0.25, 0.3) is 0 Å². The van der Waals surface area contributed by atoms with Crippen LogP contribution in [0.4, 0.5) is 4.39 Å². The Morgan fingerprint density at radius 3 is 2.60 bits per heavy atom. The SMILES string of the molecule is O=C=NC1(c2ccc(CN3CCCCC3)c(F)c2)CC1. The van der Waals surface area contributed by atoms with Gasteiger partial charge in [-0.05, 0) is 50.4 Å². The molecule has 0 spiro atoms. The molecule has 1 aliphatic carbocycles. The first kappa shape index (κ1) is 13.5. The number of benzene rings is 1. The summed E-state index contributed by atoms with van der Waals surface area (Å²) in [5.41, 5.74) is 1.06. The molecule has 0 amide bonds. The first-order chi connectivity index (χ1) is 9.73. The van der Waals surface area contributed by atoms with Crippen LogP contribution in [0, 0.1) is 5.82 Å². The molecule has 0 aromatic heterocycles. The highest BCUT2D eigenvalue weighted by molar-refractivity contribution is 5.42. The zero-order valence-corrected chi connectivity index (χ0v) is 11.6.